The highest BCUT2D eigenvalue weighted by molar-refractivity contribution is 6.30. The van der Waals surface area contributed by atoms with E-state index >= 15 is 0 Å². The summed E-state index contributed by atoms with van der Waals surface area (Å²) < 4.78 is 28.0. The maximum atomic E-state index is 14.1. The zero-order valence-corrected chi connectivity index (χ0v) is 23.2. The fourth-order valence-electron chi connectivity index (χ4n) is 5.38. The molecular formula is C31H30ClFN4O4. The number of halogens is 2. The van der Waals surface area contributed by atoms with Crippen molar-refractivity contribution in [2.24, 2.45) is 0 Å². The van der Waals surface area contributed by atoms with Crippen molar-refractivity contribution in [3.05, 3.63) is 94.2 Å². The molecule has 0 bridgehead atoms. The molecule has 1 N–H and O–H groups in total. The number of hydrogen-bond donors (Lipinski definition) is 1. The van der Waals surface area contributed by atoms with Crippen LogP contribution in [0.3, 0.4) is 0 Å². The molecule has 10 heteroatoms. The molecular weight excluding hydrogens is 547 g/mol. The van der Waals surface area contributed by atoms with Crippen molar-refractivity contribution >= 4 is 34.2 Å². The van der Waals surface area contributed by atoms with Gasteiger partial charge in [0.1, 0.15) is 18.2 Å². The molecule has 6 rings (SSSR count). The molecule has 2 aliphatic heterocycles. The molecule has 0 saturated carbocycles. The number of carbonyl (C=O) groups is 1. The number of hydrogen-bond acceptors (Lipinski definition) is 6. The quantitative estimate of drug-likeness (QED) is 0.262. The summed E-state index contributed by atoms with van der Waals surface area (Å²) in [6, 6.07) is 15.3. The molecule has 0 unspecified atom stereocenters. The standard InChI is InChI=1S/C31H30ClFN4O4/c32-23-8-6-22(25(33)16-23)19-41-30-5-1-4-26(35-30)20-10-12-36(13-11-20)18-29-34-27-15-21(31(38)39)7-9-28(27)37(29)17-24-3-2-14-40-24/h1,4-10,15-16,24H,2-3,11-14,17-19H2,(H,38,39)/t24-/m0/s1. The topological polar surface area (TPSA) is 89.7 Å². The van der Waals surface area contributed by atoms with Gasteiger partial charge in [-0.1, -0.05) is 29.8 Å². The number of ether oxygens (including phenoxy) is 2. The van der Waals surface area contributed by atoms with E-state index in [0.29, 0.717) is 35.1 Å². The molecule has 0 amide bonds. The normalized spacial score (nSPS) is 17.6. The predicted octanol–water partition coefficient (Wildman–Crippen LogP) is 5.97. The van der Waals surface area contributed by atoms with Crippen molar-refractivity contribution in [3.8, 4) is 5.88 Å². The Morgan fingerprint density at radius 2 is 2.07 bits per heavy atom. The third-order valence-corrected chi connectivity index (χ3v) is 7.82. The Morgan fingerprint density at radius 1 is 1.17 bits per heavy atom. The minimum atomic E-state index is -0.962. The molecule has 1 saturated heterocycles. The number of nitrogens with zero attached hydrogens (tertiary/aromatic N) is 4. The van der Waals surface area contributed by atoms with Crippen molar-refractivity contribution < 1.29 is 23.8 Å². The number of carboxylic acids is 1. The highest BCUT2D eigenvalue weighted by Crippen LogP contribution is 2.27. The van der Waals surface area contributed by atoms with Gasteiger partial charge in [0.15, 0.2) is 0 Å². The van der Waals surface area contributed by atoms with Crippen LogP contribution in [-0.2, 0) is 24.4 Å². The van der Waals surface area contributed by atoms with E-state index in [1.54, 1.807) is 30.3 Å². The molecule has 41 heavy (non-hydrogen) atoms. The van der Waals surface area contributed by atoms with E-state index in [1.165, 1.54) is 6.07 Å². The molecule has 1 atom stereocenters. The zero-order valence-electron chi connectivity index (χ0n) is 22.4. The van der Waals surface area contributed by atoms with E-state index in [9.17, 15) is 14.3 Å². The minimum absolute atomic E-state index is 0.0626. The summed E-state index contributed by atoms with van der Waals surface area (Å²) in [4.78, 5) is 23.4. The van der Waals surface area contributed by atoms with Crippen LogP contribution in [0, 0.1) is 5.82 Å². The summed E-state index contributed by atoms with van der Waals surface area (Å²) in [5.74, 6) is -0.0343. The maximum Gasteiger partial charge on any atom is 0.335 e. The molecule has 1 fully saturated rings. The number of imidazole rings is 1. The second-order valence-electron chi connectivity index (χ2n) is 10.4. The Bertz CT molecular complexity index is 1620. The second kappa shape index (κ2) is 12.0. The number of carboxylic acid groups (broad SMARTS) is 1. The van der Waals surface area contributed by atoms with Crippen LogP contribution in [0.1, 0.15) is 46.7 Å². The second-order valence-corrected chi connectivity index (χ2v) is 10.8. The molecule has 8 nitrogen and oxygen atoms in total. The molecule has 2 aliphatic rings. The van der Waals surface area contributed by atoms with Crippen LogP contribution in [0.5, 0.6) is 5.88 Å². The van der Waals surface area contributed by atoms with Crippen LogP contribution in [0.15, 0.2) is 60.7 Å². The van der Waals surface area contributed by atoms with Crippen LogP contribution in [-0.4, -0.2) is 56.3 Å². The summed E-state index contributed by atoms with van der Waals surface area (Å²) in [7, 11) is 0. The number of aromatic nitrogens is 3. The first-order chi connectivity index (χ1) is 19.9. The fraction of sp³-hybridized carbons (Fsp3) is 0.323. The molecule has 0 radical (unpaired) electrons. The lowest BCUT2D eigenvalue weighted by atomic mass is 10.0. The lowest BCUT2D eigenvalue weighted by molar-refractivity contribution is 0.0697. The number of fused-ring (bicyclic) bond motifs is 1. The first-order valence-corrected chi connectivity index (χ1v) is 14.1. The third-order valence-electron chi connectivity index (χ3n) is 7.59. The SMILES string of the molecule is O=C(O)c1ccc2c(c1)nc(CN1CC=C(c3cccc(OCc4ccc(Cl)cc4F)n3)CC1)n2C[C@@H]1CCCO1. The number of rotatable bonds is 9. The molecule has 2 aromatic heterocycles. The van der Waals surface area contributed by atoms with Crippen molar-refractivity contribution in [3.63, 3.8) is 0 Å². The van der Waals surface area contributed by atoms with Gasteiger partial charge in [0, 0.05) is 36.3 Å². The van der Waals surface area contributed by atoms with E-state index in [0.717, 1.165) is 61.6 Å². The minimum Gasteiger partial charge on any atom is -0.478 e. The molecule has 0 aliphatic carbocycles. The van der Waals surface area contributed by atoms with Gasteiger partial charge in [0.2, 0.25) is 5.88 Å². The summed E-state index contributed by atoms with van der Waals surface area (Å²) in [6.07, 6.45) is 5.16. The van der Waals surface area contributed by atoms with Crippen LogP contribution in [0.25, 0.3) is 16.6 Å². The van der Waals surface area contributed by atoms with E-state index in [-0.39, 0.29) is 18.3 Å². The number of benzene rings is 2. The van der Waals surface area contributed by atoms with Gasteiger partial charge >= 0.3 is 5.97 Å². The van der Waals surface area contributed by atoms with Crippen molar-refractivity contribution in [1.29, 1.82) is 0 Å². The first-order valence-electron chi connectivity index (χ1n) is 13.7. The summed E-state index contributed by atoms with van der Waals surface area (Å²) in [6.45, 7) is 3.71. The molecule has 4 heterocycles. The van der Waals surface area contributed by atoms with E-state index in [1.807, 2.05) is 18.2 Å². The average Bonchev–Trinajstić information content (AvgIpc) is 3.61. The molecule has 0 spiro atoms. The summed E-state index contributed by atoms with van der Waals surface area (Å²) >= 11 is 5.84. The summed E-state index contributed by atoms with van der Waals surface area (Å²) in [5, 5.41) is 9.79. The Morgan fingerprint density at radius 3 is 2.83 bits per heavy atom. The van der Waals surface area contributed by atoms with Gasteiger partial charge in [-0.3, -0.25) is 4.90 Å². The van der Waals surface area contributed by atoms with Gasteiger partial charge in [-0.15, -0.1) is 0 Å². The van der Waals surface area contributed by atoms with Crippen LogP contribution in [0.2, 0.25) is 5.02 Å². The number of aromatic carboxylic acids is 1. The molecule has 212 valence electrons. The van der Waals surface area contributed by atoms with Crippen LogP contribution < -0.4 is 4.74 Å². The van der Waals surface area contributed by atoms with Gasteiger partial charge in [-0.2, -0.15) is 0 Å². The van der Waals surface area contributed by atoms with Gasteiger partial charge < -0.3 is 19.1 Å². The Labute approximate surface area is 242 Å². The highest BCUT2D eigenvalue weighted by atomic mass is 35.5. The molecule has 4 aromatic rings. The highest BCUT2D eigenvalue weighted by Gasteiger charge is 2.23. The zero-order chi connectivity index (χ0) is 28.3. The summed E-state index contributed by atoms with van der Waals surface area (Å²) in [5.41, 5.74) is 4.22. The van der Waals surface area contributed by atoms with Crippen molar-refractivity contribution in [1.82, 2.24) is 19.4 Å². The monoisotopic (exact) mass is 576 g/mol. The van der Waals surface area contributed by atoms with E-state index in [4.69, 9.17) is 26.1 Å². The van der Waals surface area contributed by atoms with Crippen LogP contribution >= 0.6 is 11.6 Å². The fourth-order valence-corrected chi connectivity index (χ4v) is 5.54. The Balaban J connectivity index is 1.15. The predicted molar refractivity (Wildman–Crippen MR) is 154 cm³/mol. The van der Waals surface area contributed by atoms with E-state index in [2.05, 4.69) is 20.5 Å². The van der Waals surface area contributed by atoms with Crippen molar-refractivity contribution in [2.45, 2.75) is 45.1 Å². The maximum absolute atomic E-state index is 14.1. The molecule has 2 aromatic carbocycles. The average molecular weight is 577 g/mol. The van der Waals surface area contributed by atoms with Crippen LogP contribution in [0.4, 0.5) is 4.39 Å². The first kappa shape index (κ1) is 27.4. The largest absolute Gasteiger partial charge is 0.478 e. The van der Waals surface area contributed by atoms with Gasteiger partial charge in [0.25, 0.3) is 0 Å². The lowest BCUT2D eigenvalue weighted by Gasteiger charge is -2.26. The van der Waals surface area contributed by atoms with Crippen molar-refractivity contribution in [2.75, 3.05) is 19.7 Å². The lowest BCUT2D eigenvalue weighted by Crippen LogP contribution is -2.30. The third kappa shape index (κ3) is 6.27. The van der Waals surface area contributed by atoms with Gasteiger partial charge in [-0.05, 0) is 61.2 Å². The van der Waals surface area contributed by atoms with E-state index < -0.39 is 11.8 Å². The Kier molecular flexibility index (Phi) is 8.00. The Hall–Kier alpha value is -3.79. The smallest absolute Gasteiger partial charge is 0.335 e. The van der Waals surface area contributed by atoms with Gasteiger partial charge in [0.05, 0.1) is 41.5 Å². The van der Waals surface area contributed by atoms with Gasteiger partial charge in [-0.25, -0.2) is 19.2 Å². The number of pyridine rings is 1.